The molecule has 5 nitrogen and oxygen atoms in total. The normalized spacial score (nSPS) is 10.6. The molecule has 2 N–H and O–H groups in total. The molecule has 0 aliphatic heterocycles. The first-order valence-corrected chi connectivity index (χ1v) is 8.54. The van der Waals surface area contributed by atoms with Crippen LogP contribution in [0.5, 0.6) is 0 Å². The molecular weight excluding hydrogens is 310 g/mol. The minimum atomic E-state index is 0.771. The van der Waals surface area contributed by atoms with Gasteiger partial charge < -0.3 is 10.6 Å². The molecule has 0 radical (unpaired) electrons. The molecule has 0 aliphatic carbocycles. The molecule has 0 unspecified atom stereocenters. The van der Waals surface area contributed by atoms with Crippen molar-refractivity contribution in [3.05, 3.63) is 72.3 Å². The third-order valence-electron chi connectivity index (χ3n) is 3.83. The molecule has 0 spiro atoms. The summed E-state index contributed by atoms with van der Waals surface area (Å²) in [6.07, 6.45) is 8.44. The molecule has 3 aromatic rings. The van der Waals surface area contributed by atoms with E-state index in [1.807, 2.05) is 42.9 Å². The van der Waals surface area contributed by atoms with Gasteiger partial charge in [0.1, 0.15) is 0 Å². The summed E-state index contributed by atoms with van der Waals surface area (Å²) in [5.41, 5.74) is 4.42. The molecule has 0 saturated heterocycles. The van der Waals surface area contributed by atoms with Crippen LogP contribution in [0, 0.1) is 6.92 Å². The molecule has 0 aliphatic rings. The van der Waals surface area contributed by atoms with Gasteiger partial charge in [0.2, 0.25) is 0 Å². The molecule has 1 aromatic carbocycles. The first kappa shape index (κ1) is 17.0. The molecule has 5 heteroatoms. The number of rotatable bonds is 8. The van der Waals surface area contributed by atoms with Crippen LogP contribution in [0.4, 0.5) is 5.69 Å². The van der Waals surface area contributed by atoms with E-state index in [-0.39, 0.29) is 0 Å². The van der Waals surface area contributed by atoms with Crippen molar-refractivity contribution in [2.75, 3.05) is 18.4 Å². The van der Waals surface area contributed by atoms with Crippen LogP contribution in [-0.4, -0.2) is 28.0 Å². The van der Waals surface area contributed by atoms with Crippen molar-refractivity contribution in [2.45, 2.75) is 19.9 Å². The second-order valence-corrected chi connectivity index (χ2v) is 5.98. The Hall–Kier alpha value is -2.79. The Morgan fingerprint density at radius 3 is 2.60 bits per heavy atom. The third kappa shape index (κ3) is 5.36. The maximum absolute atomic E-state index is 4.47. The van der Waals surface area contributed by atoms with Gasteiger partial charge in [-0.05, 0) is 38.1 Å². The molecule has 25 heavy (non-hydrogen) atoms. The molecule has 0 atom stereocenters. The Bertz CT molecular complexity index is 772. The van der Waals surface area contributed by atoms with Gasteiger partial charge >= 0.3 is 0 Å². The largest absolute Gasteiger partial charge is 0.384 e. The average Bonchev–Trinajstić information content (AvgIpc) is 2.66. The zero-order valence-corrected chi connectivity index (χ0v) is 14.4. The number of hydrogen-bond donors (Lipinski definition) is 2. The quantitative estimate of drug-likeness (QED) is 0.618. The van der Waals surface area contributed by atoms with Crippen molar-refractivity contribution >= 4 is 5.69 Å². The summed E-state index contributed by atoms with van der Waals surface area (Å²) >= 11 is 0. The number of aromatic nitrogens is 3. The average molecular weight is 333 g/mol. The first-order chi connectivity index (χ1) is 12.3. The van der Waals surface area contributed by atoms with Gasteiger partial charge in [0.05, 0.1) is 5.69 Å². The van der Waals surface area contributed by atoms with Crippen LogP contribution in [0.3, 0.4) is 0 Å². The van der Waals surface area contributed by atoms with Crippen LogP contribution in [0.2, 0.25) is 0 Å². The summed E-state index contributed by atoms with van der Waals surface area (Å²) in [5.74, 6) is 0.771. The van der Waals surface area contributed by atoms with Crippen LogP contribution in [0.25, 0.3) is 11.4 Å². The molecule has 128 valence electrons. The lowest BCUT2D eigenvalue weighted by molar-refractivity contribution is 0.660. The second kappa shape index (κ2) is 8.89. The maximum Gasteiger partial charge on any atom is 0.159 e. The highest BCUT2D eigenvalue weighted by atomic mass is 14.9. The lowest BCUT2D eigenvalue weighted by Gasteiger charge is -2.07. The molecule has 0 fully saturated rings. The Kier molecular flexibility index (Phi) is 6.06. The summed E-state index contributed by atoms with van der Waals surface area (Å²) in [6, 6.07) is 12.2. The van der Waals surface area contributed by atoms with Gasteiger partial charge in [-0.2, -0.15) is 0 Å². The molecule has 0 bridgehead atoms. The Morgan fingerprint density at radius 1 is 0.960 bits per heavy atom. The number of nitrogens with one attached hydrogen (secondary N) is 2. The first-order valence-electron chi connectivity index (χ1n) is 8.54. The minimum Gasteiger partial charge on any atom is -0.384 e. The molecule has 0 saturated carbocycles. The monoisotopic (exact) mass is 333 g/mol. The highest BCUT2D eigenvalue weighted by molar-refractivity contribution is 5.55. The lowest BCUT2D eigenvalue weighted by Crippen LogP contribution is -2.18. The van der Waals surface area contributed by atoms with Crippen LogP contribution in [0.1, 0.15) is 17.5 Å². The van der Waals surface area contributed by atoms with E-state index < -0.39 is 0 Å². The van der Waals surface area contributed by atoms with Gasteiger partial charge in [-0.25, -0.2) is 9.97 Å². The highest BCUT2D eigenvalue weighted by Crippen LogP contribution is 2.15. The number of nitrogens with zero attached hydrogens (tertiary/aromatic N) is 3. The second-order valence-electron chi connectivity index (χ2n) is 5.98. The fourth-order valence-electron chi connectivity index (χ4n) is 2.53. The fraction of sp³-hybridized carbons (Fsp3) is 0.250. The zero-order chi connectivity index (χ0) is 17.3. The maximum atomic E-state index is 4.47. The van der Waals surface area contributed by atoms with Crippen LogP contribution < -0.4 is 10.6 Å². The minimum absolute atomic E-state index is 0.771. The summed E-state index contributed by atoms with van der Waals surface area (Å²) < 4.78 is 0. The summed E-state index contributed by atoms with van der Waals surface area (Å²) in [4.78, 5) is 13.0. The van der Waals surface area contributed by atoms with Gasteiger partial charge in [-0.3, -0.25) is 4.98 Å². The summed E-state index contributed by atoms with van der Waals surface area (Å²) in [5, 5.41) is 6.77. The lowest BCUT2D eigenvalue weighted by atomic mass is 10.1. The van der Waals surface area contributed by atoms with Crippen molar-refractivity contribution in [3.63, 3.8) is 0 Å². The van der Waals surface area contributed by atoms with Gasteiger partial charge in [0.25, 0.3) is 0 Å². The Morgan fingerprint density at radius 2 is 1.84 bits per heavy atom. The van der Waals surface area contributed by atoms with E-state index in [2.05, 4.69) is 44.6 Å². The smallest absolute Gasteiger partial charge is 0.159 e. The van der Waals surface area contributed by atoms with Crippen LogP contribution in [-0.2, 0) is 6.54 Å². The molecule has 2 heterocycles. The van der Waals surface area contributed by atoms with Crippen molar-refractivity contribution in [2.24, 2.45) is 0 Å². The zero-order valence-electron chi connectivity index (χ0n) is 14.4. The Labute approximate surface area is 148 Å². The van der Waals surface area contributed by atoms with E-state index in [0.29, 0.717) is 0 Å². The van der Waals surface area contributed by atoms with E-state index in [0.717, 1.165) is 48.7 Å². The number of pyridine rings is 1. The Balaban J connectivity index is 1.39. The molecule has 2 aromatic heterocycles. The van der Waals surface area contributed by atoms with Crippen LogP contribution >= 0.6 is 0 Å². The van der Waals surface area contributed by atoms with E-state index in [1.165, 1.54) is 5.56 Å². The van der Waals surface area contributed by atoms with E-state index in [1.54, 1.807) is 6.20 Å². The number of benzene rings is 1. The van der Waals surface area contributed by atoms with E-state index >= 15 is 0 Å². The van der Waals surface area contributed by atoms with Gasteiger partial charge in [-0.15, -0.1) is 0 Å². The van der Waals surface area contributed by atoms with Gasteiger partial charge in [0, 0.05) is 49.0 Å². The molecular formula is C20H23N5. The standard InChI is InChI=1S/C20H23N5/c1-16-5-2-6-18(11-16)20-24-13-17(14-25-20)12-21-9-4-10-23-19-7-3-8-22-15-19/h2-3,5-8,11,13-15,21,23H,4,9-10,12H2,1H3. The molecule has 3 rings (SSSR count). The molecule has 0 amide bonds. The van der Waals surface area contributed by atoms with Crippen molar-refractivity contribution in [1.29, 1.82) is 0 Å². The highest BCUT2D eigenvalue weighted by Gasteiger charge is 2.01. The van der Waals surface area contributed by atoms with Gasteiger partial charge in [-0.1, -0.05) is 23.8 Å². The predicted octanol–water partition coefficient (Wildman–Crippen LogP) is 3.44. The van der Waals surface area contributed by atoms with Crippen LogP contribution in [0.15, 0.2) is 61.2 Å². The topological polar surface area (TPSA) is 62.7 Å². The van der Waals surface area contributed by atoms with Crippen molar-refractivity contribution in [1.82, 2.24) is 20.3 Å². The summed E-state index contributed by atoms with van der Waals surface area (Å²) in [6.45, 7) is 4.71. The van der Waals surface area contributed by atoms with Gasteiger partial charge in [0.15, 0.2) is 5.82 Å². The number of hydrogen-bond acceptors (Lipinski definition) is 5. The SMILES string of the molecule is Cc1cccc(-c2ncc(CNCCCNc3cccnc3)cn2)c1. The van der Waals surface area contributed by atoms with Crippen molar-refractivity contribution < 1.29 is 0 Å². The fourth-order valence-corrected chi connectivity index (χ4v) is 2.53. The van der Waals surface area contributed by atoms with Crippen molar-refractivity contribution in [3.8, 4) is 11.4 Å². The third-order valence-corrected chi connectivity index (χ3v) is 3.83. The van der Waals surface area contributed by atoms with E-state index in [9.17, 15) is 0 Å². The van der Waals surface area contributed by atoms with E-state index in [4.69, 9.17) is 0 Å². The predicted molar refractivity (Wildman–Crippen MR) is 101 cm³/mol. The summed E-state index contributed by atoms with van der Waals surface area (Å²) in [7, 11) is 0. The number of anilines is 1. The number of aryl methyl sites for hydroxylation is 1.